The summed E-state index contributed by atoms with van der Waals surface area (Å²) in [5.41, 5.74) is 0.681. The molecule has 0 spiro atoms. The molecule has 120 valence electrons. The Hall–Kier alpha value is -1.40. The topological polar surface area (TPSA) is 27.7 Å². The van der Waals surface area contributed by atoms with Crippen molar-refractivity contribution in [3.63, 3.8) is 0 Å². The molecule has 2 aliphatic rings. The fourth-order valence-electron chi connectivity index (χ4n) is 2.98. The van der Waals surface area contributed by atoms with Gasteiger partial charge in [-0.05, 0) is 37.2 Å². The predicted octanol–water partition coefficient (Wildman–Crippen LogP) is 2.00. The SMILES string of the molecule is Fc1ccccc1N1CCN(C(=S)NC[C@@H]2CCCO2)CC1. The van der Waals surface area contributed by atoms with Gasteiger partial charge >= 0.3 is 0 Å². The van der Waals surface area contributed by atoms with E-state index in [1.54, 1.807) is 6.07 Å². The van der Waals surface area contributed by atoms with Gasteiger partial charge in [-0.25, -0.2) is 4.39 Å². The number of nitrogens with zero attached hydrogens (tertiary/aromatic N) is 2. The van der Waals surface area contributed by atoms with Crippen molar-refractivity contribution in [1.82, 2.24) is 10.2 Å². The molecular weight excluding hydrogens is 301 g/mol. The Kier molecular flexibility index (Phi) is 5.10. The third-order valence-corrected chi connectivity index (χ3v) is 4.67. The average molecular weight is 323 g/mol. The zero-order valence-electron chi connectivity index (χ0n) is 12.6. The lowest BCUT2D eigenvalue weighted by Gasteiger charge is -2.37. The first-order chi connectivity index (χ1) is 10.7. The van der Waals surface area contributed by atoms with E-state index in [0.717, 1.165) is 57.3 Å². The molecule has 1 N–H and O–H groups in total. The second-order valence-corrected chi connectivity index (χ2v) is 6.13. The normalized spacial score (nSPS) is 22.0. The quantitative estimate of drug-likeness (QED) is 0.859. The fourth-order valence-corrected chi connectivity index (χ4v) is 3.24. The van der Waals surface area contributed by atoms with Crippen molar-refractivity contribution in [2.24, 2.45) is 0 Å². The summed E-state index contributed by atoms with van der Waals surface area (Å²) in [5, 5.41) is 4.08. The van der Waals surface area contributed by atoms with E-state index in [1.807, 2.05) is 12.1 Å². The number of benzene rings is 1. The van der Waals surface area contributed by atoms with Gasteiger partial charge in [0.2, 0.25) is 0 Å². The van der Waals surface area contributed by atoms with E-state index in [4.69, 9.17) is 17.0 Å². The molecule has 6 heteroatoms. The molecule has 0 bridgehead atoms. The molecule has 4 nitrogen and oxygen atoms in total. The average Bonchev–Trinajstić information content (AvgIpc) is 3.07. The first kappa shape index (κ1) is 15.5. The number of hydrogen-bond donors (Lipinski definition) is 1. The predicted molar refractivity (Wildman–Crippen MR) is 89.8 cm³/mol. The smallest absolute Gasteiger partial charge is 0.169 e. The Labute approximate surface area is 136 Å². The molecule has 0 unspecified atom stereocenters. The number of nitrogens with one attached hydrogen (secondary N) is 1. The molecule has 1 aromatic rings. The van der Waals surface area contributed by atoms with E-state index in [0.29, 0.717) is 5.69 Å². The molecule has 0 radical (unpaired) electrons. The molecule has 2 fully saturated rings. The highest BCUT2D eigenvalue weighted by atomic mass is 32.1. The number of rotatable bonds is 3. The minimum atomic E-state index is -0.157. The maximum atomic E-state index is 13.8. The Morgan fingerprint density at radius 1 is 1.27 bits per heavy atom. The van der Waals surface area contributed by atoms with Crippen LogP contribution >= 0.6 is 12.2 Å². The second-order valence-electron chi connectivity index (χ2n) is 5.75. The summed E-state index contributed by atoms with van der Waals surface area (Å²) in [6.07, 6.45) is 2.54. The lowest BCUT2D eigenvalue weighted by molar-refractivity contribution is 0.113. The molecule has 0 aromatic heterocycles. The number of piperazine rings is 1. The molecule has 1 aromatic carbocycles. The maximum absolute atomic E-state index is 13.8. The third-order valence-electron chi connectivity index (χ3n) is 4.26. The summed E-state index contributed by atoms with van der Waals surface area (Å²) in [5.74, 6) is -0.157. The van der Waals surface area contributed by atoms with E-state index in [2.05, 4.69) is 15.1 Å². The van der Waals surface area contributed by atoms with E-state index >= 15 is 0 Å². The van der Waals surface area contributed by atoms with Crippen molar-refractivity contribution in [2.45, 2.75) is 18.9 Å². The number of anilines is 1. The maximum Gasteiger partial charge on any atom is 0.169 e. The van der Waals surface area contributed by atoms with Gasteiger partial charge in [-0.2, -0.15) is 0 Å². The van der Waals surface area contributed by atoms with Crippen molar-refractivity contribution in [2.75, 3.05) is 44.2 Å². The molecule has 22 heavy (non-hydrogen) atoms. The van der Waals surface area contributed by atoms with E-state index in [9.17, 15) is 4.39 Å². The Balaban J connectivity index is 1.46. The standard InChI is InChI=1S/C16H22FN3OS/c17-14-5-1-2-6-15(14)19-7-9-20(10-8-19)16(22)18-12-13-4-3-11-21-13/h1-2,5-6,13H,3-4,7-12H2,(H,18,22)/t13-/m0/s1. The van der Waals surface area contributed by atoms with E-state index < -0.39 is 0 Å². The minimum Gasteiger partial charge on any atom is -0.376 e. The van der Waals surface area contributed by atoms with Crippen molar-refractivity contribution in [3.8, 4) is 0 Å². The highest BCUT2D eigenvalue weighted by molar-refractivity contribution is 7.80. The van der Waals surface area contributed by atoms with Crippen molar-refractivity contribution in [3.05, 3.63) is 30.1 Å². The zero-order chi connectivity index (χ0) is 15.4. The molecule has 2 saturated heterocycles. The number of halogens is 1. The van der Waals surface area contributed by atoms with Gasteiger partial charge in [0.15, 0.2) is 5.11 Å². The van der Waals surface area contributed by atoms with Gasteiger partial charge in [0.1, 0.15) is 5.82 Å². The van der Waals surface area contributed by atoms with Gasteiger partial charge in [-0.1, -0.05) is 12.1 Å². The van der Waals surface area contributed by atoms with E-state index in [1.165, 1.54) is 6.07 Å². The lowest BCUT2D eigenvalue weighted by Crippen LogP contribution is -2.52. The summed E-state index contributed by atoms with van der Waals surface area (Å²) in [7, 11) is 0. The van der Waals surface area contributed by atoms with Gasteiger partial charge in [-0.15, -0.1) is 0 Å². The van der Waals surface area contributed by atoms with Gasteiger partial charge in [0.25, 0.3) is 0 Å². The van der Waals surface area contributed by atoms with Crippen LogP contribution in [0.5, 0.6) is 0 Å². The lowest BCUT2D eigenvalue weighted by atomic mass is 10.2. The molecule has 3 rings (SSSR count). The largest absolute Gasteiger partial charge is 0.376 e. The minimum absolute atomic E-state index is 0.157. The highest BCUT2D eigenvalue weighted by Gasteiger charge is 2.22. The zero-order valence-corrected chi connectivity index (χ0v) is 13.4. The van der Waals surface area contributed by atoms with Crippen LogP contribution in [0, 0.1) is 5.82 Å². The third kappa shape index (κ3) is 3.67. The van der Waals surface area contributed by atoms with Gasteiger partial charge < -0.3 is 19.9 Å². The summed E-state index contributed by atoms with van der Waals surface area (Å²) >= 11 is 5.46. The molecule has 2 heterocycles. The molecule has 0 amide bonds. The monoisotopic (exact) mass is 323 g/mol. The number of hydrogen-bond acceptors (Lipinski definition) is 3. The number of para-hydroxylation sites is 1. The van der Waals surface area contributed by atoms with Crippen LogP contribution in [0.1, 0.15) is 12.8 Å². The Morgan fingerprint density at radius 2 is 2.05 bits per heavy atom. The highest BCUT2D eigenvalue weighted by Crippen LogP contribution is 2.20. The van der Waals surface area contributed by atoms with Gasteiger partial charge in [0.05, 0.1) is 11.8 Å². The van der Waals surface area contributed by atoms with Crippen LogP contribution in [0.2, 0.25) is 0 Å². The molecule has 2 aliphatic heterocycles. The first-order valence-corrected chi connectivity index (χ1v) is 8.29. The molecular formula is C16H22FN3OS. The van der Waals surface area contributed by atoms with Crippen LogP contribution in [-0.2, 0) is 4.74 Å². The van der Waals surface area contributed by atoms with Crippen molar-refractivity contribution >= 4 is 23.0 Å². The van der Waals surface area contributed by atoms with Crippen LogP contribution in [-0.4, -0.2) is 55.4 Å². The molecule has 0 saturated carbocycles. The summed E-state index contributed by atoms with van der Waals surface area (Å²) in [6.45, 7) is 4.83. The fraction of sp³-hybridized carbons (Fsp3) is 0.562. The molecule has 1 atom stereocenters. The first-order valence-electron chi connectivity index (χ1n) is 7.88. The summed E-state index contributed by atoms with van der Waals surface area (Å²) in [4.78, 5) is 4.23. The summed E-state index contributed by atoms with van der Waals surface area (Å²) < 4.78 is 19.4. The Morgan fingerprint density at radius 3 is 2.73 bits per heavy atom. The van der Waals surface area contributed by atoms with Gasteiger partial charge in [-0.3, -0.25) is 0 Å². The van der Waals surface area contributed by atoms with Crippen molar-refractivity contribution in [1.29, 1.82) is 0 Å². The van der Waals surface area contributed by atoms with E-state index in [-0.39, 0.29) is 11.9 Å². The van der Waals surface area contributed by atoms with Crippen LogP contribution in [0.4, 0.5) is 10.1 Å². The van der Waals surface area contributed by atoms with Gasteiger partial charge in [0, 0.05) is 39.3 Å². The number of ether oxygens (including phenoxy) is 1. The molecule has 0 aliphatic carbocycles. The van der Waals surface area contributed by atoms with Crippen LogP contribution < -0.4 is 10.2 Å². The number of thiocarbonyl (C=S) groups is 1. The van der Waals surface area contributed by atoms with Crippen LogP contribution in [0.25, 0.3) is 0 Å². The summed E-state index contributed by atoms with van der Waals surface area (Å²) in [6, 6.07) is 6.94. The van der Waals surface area contributed by atoms with Crippen LogP contribution in [0.15, 0.2) is 24.3 Å². The second kappa shape index (κ2) is 7.24. The van der Waals surface area contributed by atoms with Crippen LogP contribution in [0.3, 0.4) is 0 Å². The Bertz CT molecular complexity index is 514. The van der Waals surface area contributed by atoms with Crippen molar-refractivity contribution < 1.29 is 9.13 Å².